The van der Waals surface area contributed by atoms with Crippen molar-refractivity contribution in [1.29, 1.82) is 0 Å². The number of unbranched alkanes of at least 4 members (excludes halogenated alkanes) is 1. The quantitative estimate of drug-likeness (QED) is 0.471. The van der Waals surface area contributed by atoms with Gasteiger partial charge in [0, 0.05) is 0 Å². The second-order valence-electron chi connectivity index (χ2n) is 4.51. The van der Waals surface area contributed by atoms with Gasteiger partial charge < -0.3 is 0 Å². The Kier molecular flexibility index (Phi) is 7.34. The SMILES string of the molecule is CC(CCCCC(C)OS(C)(=O)=O)OS(C)(=O)=O. The maximum Gasteiger partial charge on any atom is 0.264 e. The van der Waals surface area contributed by atoms with Gasteiger partial charge in [0.15, 0.2) is 0 Å². The first kappa shape index (κ1) is 17.8. The van der Waals surface area contributed by atoms with Crippen LogP contribution in [0, 0.1) is 0 Å². The minimum atomic E-state index is -3.40. The van der Waals surface area contributed by atoms with Crippen molar-refractivity contribution in [2.75, 3.05) is 12.5 Å². The Bertz CT molecular complexity index is 383. The molecule has 110 valence electrons. The van der Waals surface area contributed by atoms with Crippen molar-refractivity contribution in [3.05, 3.63) is 0 Å². The third kappa shape index (κ3) is 12.3. The van der Waals surface area contributed by atoms with Crippen molar-refractivity contribution in [3.8, 4) is 0 Å². The van der Waals surface area contributed by atoms with Gasteiger partial charge in [0.25, 0.3) is 20.2 Å². The highest BCUT2D eigenvalue weighted by Gasteiger charge is 2.12. The van der Waals surface area contributed by atoms with Crippen LogP contribution in [0.4, 0.5) is 0 Å². The maximum absolute atomic E-state index is 10.8. The van der Waals surface area contributed by atoms with E-state index in [1.54, 1.807) is 13.8 Å². The molecule has 0 saturated carbocycles. The first-order valence-corrected chi connectivity index (χ1v) is 9.39. The van der Waals surface area contributed by atoms with Crippen molar-refractivity contribution in [2.24, 2.45) is 0 Å². The summed E-state index contributed by atoms with van der Waals surface area (Å²) in [5, 5.41) is 0. The van der Waals surface area contributed by atoms with Crippen LogP contribution in [-0.4, -0.2) is 41.6 Å². The maximum atomic E-state index is 10.8. The summed E-state index contributed by atoms with van der Waals surface area (Å²) in [6, 6.07) is 0. The normalized spacial score (nSPS) is 16.4. The fourth-order valence-corrected chi connectivity index (χ4v) is 2.94. The Morgan fingerprint density at radius 1 is 0.778 bits per heavy atom. The molecule has 0 aromatic carbocycles. The van der Waals surface area contributed by atoms with Gasteiger partial charge in [0.2, 0.25) is 0 Å². The Labute approximate surface area is 110 Å². The third-order valence-corrected chi connectivity index (χ3v) is 3.51. The van der Waals surface area contributed by atoms with Gasteiger partial charge in [0.1, 0.15) is 0 Å². The van der Waals surface area contributed by atoms with Crippen molar-refractivity contribution >= 4 is 20.2 Å². The van der Waals surface area contributed by atoms with Gasteiger partial charge in [-0.05, 0) is 26.7 Å². The lowest BCUT2D eigenvalue weighted by molar-refractivity contribution is 0.198. The fraction of sp³-hybridized carbons (Fsp3) is 1.00. The molecule has 0 bridgehead atoms. The summed E-state index contributed by atoms with van der Waals surface area (Å²) < 4.78 is 52.9. The lowest BCUT2D eigenvalue weighted by atomic mass is 10.1. The smallest absolute Gasteiger partial charge is 0.264 e. The molecule has 0 aliphatic carbocycles. The number of rotatable bonds is 9. The Morgan fingerprint density at radius 3 is 1.28 bits per heavy atom. The van der Waals surface area contributed by atoms with Crippen LogP contribution in [0.5, 0.6) is 0 Å². The van der Waals surface area contributed by atoms with Crippen molar-refractivity contribution in [1.82, 2.24) is 0 Å². The summed E-state index contributed by atoms with van der Waals surface area (Å²) in [4.78, 5) is 0. The van der Waals surface area contributed by atoms with Gasteiger partial charge in [-0.25, -0.2) is 0 Å². The lowest BCUT2D eigenvalue weighted by Gasteiger charge is -2.13. The molecule has 0 aromatic heterocycles. The fourth-order valence-electron chi connectivity index (χ4n) is 1.56. The first-order valence-electron chi connectivity index (χ1n) is 5.76. The van der Waals surface area contributed by atoms with Crippen molar-refractivity contribution < 1.29 is 25.2 Å². The molecule has 0 fully saturated rings. The Balaban J connectivity index is 3.74. The summed E-state index contributed by atoms with van der Waals surface area (Å²) >= 11 is 0. The summed E-state index contributed by atoms with van der Waals surface area (Å²) in [6.07, 6.45) is 4.06. The van der Waals surface area contributed by atoms with E-state index < -0.39 is 20.2 Å². The lowest BCUT2D eigenvalue weighted by Crippen LogP contribution is -2.15. The second kappa shape index (κ2) is 7.42. The van der Waals surface area contributed by atoms with Crippen LogP contribution < -0.4 is 0 Å². The van der Waals surface area contributed by atoms with Crippen LogP contribution in [0.2, 0.25) is 0 Å². The molecule has 0 saturated heterocycles. The molecule has 0 aliphatic heterocycles. The number of hydrogen-bond donors (Lipinski definition) is 0. The molecular weight excluding hydrogens is 280 g/mol. The van der Waals surface area contributed by atoms with E-state index in [-0.39, 0.29) is 12.2 Å². The zero-order valence-electron chi connectivity index (χ0n) is 11.2. The molecular formula is C10H22O6S2. The highest BCUT2D eigenvalue weighted by atomic mass is 32.2. The van der Waals surface area contributed by atoms with Crippen LogP contribution in [0.25, 0.3) is 0 Å². The first-order chi connectivity index (χ1) is 7.99. The van der Waals surface area contributed by atoms with Gasteiger partial charge in [-0.3, -0.25) is 8.37 Å². The predicted molar refractivity (Wildman–Crippen MR) is 69.2 cm³/mol. The molecule has 0 rings (SSSR count). The van der Waals surface area contributed by atoms with Gasteiger partial charge in [0.05, 0.1) is 24.7 Å². The second-order valence-corrected chi connectivity index (χ2v) is 7.71. The van der Waals surface area contributed by atoms with E-state index in [0.717, 1.165) is 25.4 Å². The molecule has 0 N–H and O–H groups in total. The Hall–Kier alpha value is -0.180. The molecule has 8 heteroatoms. The topological polar surface area (TPSA) is 86.7 Å². The summed E-state index contributed by atoms with van der Waals surface area (Å²) in [6.45, 7) is 3.38. The van der Waals surface area contributed by atoms with Gasteiger partial charge in [-0.2, -0.15) is 16.8 Å². The van der Waals surface area contributed by atoms with E-state index in [4.69, 9.17) is 8.37 Å². The average Bonchev–Trinajstić information content (AvgIpc) is 2.06. The molecule has 2 atom stereocenters. The average molecular weight is 302 g/mol. The van der Waals surface area contributed by atoms with E-state index in [1.807, 2.05) is 0 Å². The highest BCUT2D eigenvalue weighted by Crippen LogP contribution is 2.12. The van der Waals surface area contributed by atoms with Gasteiger partial charge >= 0.3 is 0 Å². The number of hydrogen-bond acceptors (Lipinski definition) is 6. The monoisotopic (exact) mass is 302 g/mol. The molecule has 0 heterocycles. The van der Waals surface area contributed by atoms with E-state index in [1.165, 1.54) is 0 Å². The van der Waals surface area contributed by atoms with E-state index in [0.29, 0.717) is 12.8 Å². The highest BCUT2D eigenvalue weighted by molar-refractivity contribution is 7.86. The summed E-state index contributed by atoms with van der Waals surface area (Å²) in [5.74, 6) is 0. The van der Waals surface area contributed by atoms with E-state index >= 15 is 0 Å². The minimum Gasteiger partial charge on any atom is -0.267 e. The molecule has 0 radical (unpaired) electrons. The van der Waals surface area contributed by atoms with Crippen LogP contribution >= 0.6 is 0 Å². The molecule has 0 aromatic rings. The zero-order chi connectivity index (χ0) is 14.4. The Morgan fingerprint density at radius 2 is 1.06 bits per heavy atom. The molecule has 0 spiro atoms. The van der Waals surface area contributed by atoms with Gasteiger partial charge in [-0.1, -0.05) is 12.8 Å². The summed E-state index contributed by atoms with van der Waals surface area (Å²) in [5.41, 5.74) is 0. The van der Waals surface area contributed by atoms with Crippen LogP contribution in [0.3, 0.4) is 0 Å². The molecule has 2 unspecified atom stereocenters. The van der Waals surface area contributed by atoms with Crippen LogP contribution in [0.15, 0.2) is 0 Å². The summed E-state index contributed by atoms with van der Waals surface area (Å²) in [7, 11) is -6.81. The standard InChI is InChI=1S/C10H22O6S2/c1-9(15-17(3,11)12)7-5-6-8-10(2)16-18(4,13)14/h9-10H,5-8H2,1-4H3. The van der Waals surface area contributed by atoms with Crippen LogP contribution in [-0.2, 0) is 28.6 Å². The predicted octanol–water partition coefficient (Wildman–Crippen LogP) is 1.28. The molecule has 0 amide bonds. The zero-order valence-corrected chi connectivity index (χ0v) is 12.9. The van der Waals surface area contributed by atoms with E-state index in [2.05, 4.69) is 0 Å². The molecule has 18 heavy (non-hydrogen) atoms. The van der Waals surface area contributed by atoms with E-state index in [9.17, 15) is 16.8 Å². The minimum absolute atomic E-state index is 0.355. The van der Waals surface area contributed by atoms with Gasteiger partial charge in [-0.15, -0.1) is 0 Å². The third-order valence-electron chi connectivity index (χ3n) is 2.15. The van der Waals surface area contributed by atoms with Crippen molar-refractivity contribution in [2.45, 2.75) is 51.7 Å². The molecule has 0 aliphatic rings. The molecule has 6 nitrogen and oxygen atoms in total. The van der Waals surface area contributed by atoms with Crippen LogP contribution in [0.1, 0.15) is 39.5 Å². The largest absolute Gasteiger partial charge is 0.267 e. The van der Waals surface area contributed by atoms with Crippen molar-refractivity contribution in [3.63, 3.8) is 0 Å².